The number of methoxy groups -OCH3 is 3. The fraction of sp³-hybridized carbons (Fsp3) is 0.400. The van der Waals surface area contributed by atoms with Crippen molar-refractivity contribution in [2.24, 2.45) is 0 Å². The molecule has 0 aromatic carbocycles. The molecule has 0 saturated carbocycles. The Balaban J connectivity index is 0. The first-order chi connectivity index (χ1) is 9.08. The number of alkyl halides is 3. The minimum absolute atomic E-state index is 0. The van der Waals surface area contributed by atoms with Crippen LogP contribution in [0.5, 0.6) is 0 Å². The van der Waals surface area contributed by atoms with Crippen molar-refractivity contribution in [3.63, 3.8) is 0 Å². The van der Waals surface area contributed by atoms with Crippen molar-refractivity contribution < 1.29 is 59.8 Å². The van der Waals surface area contributed by atoms with Crippen LogP contribution in [0.1, 0.15) is 0 Å². The summed E-state index contributed by atoms with van der Waals surface area (Å²) >= 11 is 0. The van der Waals surface area contributed by atoms with Crippen LogP contribution in [0.25, 0.3) is 0 Å². The molecular formula is C10H11F3O6SZn-. The second-order valence-corrected chi connectivity index (χ2v) is 4.40. The first-order valence-corrected chi connectivity index (χ1v) is 6.17. The zero-order valence-electron chi connectivity index (χ0n) is 11.4. The summed E-state index contributed by atoms with van der Waals surface area (Å²) in [6, 6.07) is 0. The van der Waals surface area contributed by atoms with Crippen molar-refractivity contribution >= 4 is 10.1 Å². The van der Waals surface area contributed by atoms with Gasteiger partial charge in [0.2, 0.25) is 0 Å². The Morgan fingerprint density at radius 3 is 1.86 bits per heavy atom. The number of hydrogen-bond acceptors (Lipinski definition) is 6. The number of rotatable bonds is 3. The minimum atomic E-state index is -6.09. The average Bonchev–Trinajstić information content (AvgIpc) is 2.35. The van der Waals surface area contributed by atoms with Gasteiger partial charge in [-0.2, -0.15) is 13.2 Å². The van der Waals surface area contributed by atoms with Gasteiger partial charge in [0, 0.05) is 38.7 Å². The summed E-state index contributed by atoms with van der Waals surface area (Å²) in [5.41, 5.74) is -2.77. The van der Waals surface area contributed by atoms with E-state index in [9.17, 15) is 13.2 Å². The quantitative estimate of drug-likeness (QED) is 0.318. The van der Waals surface area contributed by atoms with Crippen LogP contribution >= 0.6 is 0 Å². The maximum atomic E-state index is 10.7. The Labute approximate surface area is 132 Å². The summed E-state index contributed by atoms with van der Waals surface area (Å²) in [5, 5.41) is 0. The van der Waals surface area contributed by atoms with Gasteiger partial charge in [-0.25, -0.2) is 8.42 Å². The normalized spacial score (nSPS) is 15.0. The predicted molar refractivity (Wildman–Crippen MR) is 59.7 cm³/mol. The molecule has 0 amide bonds. The number of allylic oxidation sites excluding steroid dienone is 1. The third kappa shape index (κ3) is 7.10. The molecule has 1 radical (unpaired) electrons. The van der Waals surface area contributed by atoms with Gasteiger partial charge in [0.15, 0.2) is 27.7 Å². The maximum Gasteiger partial charge on any atom is 0.485 e. The Morgan fingerprint density at radius 1 is 1.10 bits per heavy atom. The minimum Gasteiger partial charge on any atom is -0.741 e. The van der Waals surface area contributed by atoms with Gasteiger partial charge < -0.3 is 18.8 Å². The molecular weight excluding hydrogens is 371 g/mol. The molecule has 1 aliphatic carbocycles. The molecule has 11 heteroatoms. The fourth-order valence-electron chi connectivity index (χ4n) is 0.950. The summed E-state index contributed by atoms with van der Waals surface area (Å²) in [6.07, 6.45) is 4.01. The van der Waals surface area contributed by atoms with Gasteiger partial charge in [0.25, 0.3) is 0 Å². The molecule has 0 aromatic rings. The van der Waals surface area contributed by atoms with Gasteiger partial charge in [-0.3, -0.25) is 0 Å². The van der Waals surface area contributed by atoms with Crippen LogP contribution < -0.4 is 0 Å². The summed E-state index contributed by atoms with van der Waals surface area (Å²) in [5.74, 6) is 1.22. The number of ether oxygens (including phenoxy) is 3. The van der Waals surface area contributed by atoms with Gasteiger partial charge >= 0.3 is 5.51 Å². The van der Waals surface area contributed by atoms with Crippen LogP contribution in [0.15, 0.2) is 29.4 Å². The van der Waals surface area contributed by atoms with E-state index in [-0.39, 0.29) is 19.5 Å². The molecule has 1 aliphatic rings. The van der Waals surface area contributed by atoms with Crippen LogP contribution in [-0.2, 0) is 43.8 Å². The van der Waals surface area contributed by atoms with E-state index in [1.807, 2.05) is 0 Å². The SMILES string of the molecule is CO[C]1C=C=CC(OC)=C1OC.O=S(=O)([O-])C(F)(F)F.[Zn]. The van der Waals surface area contributed by atoms with E-state index in [2.05, 4.69) is 5.73 Å². The molecule has 1 rings (SSSR count). The summed E-state index contributed by atoms with van der Waals surface area (Å²) in [6.45, 7) is 0. The van der Waals surface area contributed by atoms with E-state index in [0.717, 1.165) is 0 Å². The molecule has 0 bridgehead atoms. The number of hydrogen-bond donors (Lipinski definition) is 0. The summed E-state index contributed by atoms with van der Waals surface area (Å²) in [4.78, 5) is 0. The van der Waals surface area contributed by atoms with E-state index >= 15 is 0 Å². The molecule has 0 aromatic heterocycles. The molecule has 0 spiro atoms. The van der Waals surface area contributed by atoms with Crippen LogP contribution in [-0.4, -0.2) is 39.8 Å². The monoisotopic (exact) mass is 380 g/mol. The van der Waals surface area contributed by atoms with Crippen molar-refractivity contribution in [3.8, 4) is 0 Å². The Hall–Kier alpha value is -0.857. The number of halogens is 3. The summed E-state index contributed by atoms with van der Waals surface area (Å²) in [7, 11) is -1.37. The molecule has 0 unspecified atom stereocenters. The van der Waals surface area contributed by atoms with Crippen molar-refractivity contribution in [2.75, 3.05) is 21.3 Å². The predicted octanol–water partition coefficient (Wildman–Crippen LogP) is 1.44. The third-order valence-electron chi connectivity index (χ3n) is 1.80. The molecule has 117 valence electrons. The van der Waals surface area contributed by atoms with Crippen LogP contribution in [0.3, 0.4) is 0 Å². The Bertz CT molecular complexity index is 519. The molecule has 0 saturated heterocycles. The Morgan fingerprint density at radius 2 is 1.57 bits per heavy atom. The van der Waals surface area contributed by atoms with Gasteiger partial charge in [-0.1, -0.05) is 0 Å². The molecule has 0 heterocycles. The topological polar surface area (TPSA) is 84.9 Å². The van der Waals surface area contributed by atoms with E-state index in [0.29, 0.717) is 17.6 Å². The zero-order valence-corrected chi connectivity index (χ0v) is 15.1. The Kier molecular flexibility index (Phi) is 9.85. The average molecular weight is 382 g/mol. The van der Waals surface area contributed by atoms with Crippen LogP contribution in [0.2, 0.25) is 0 Å². The van der Waals surface area contributed by atoms with Gasteiger partial charge in [-0.15, -0.1) is 5.73 Å². The molecule has 6 nitrogen and oxygen atoms in total. The molecule has 0 atom stereocenters. The second kappa shape index (κ2) is 9.22. The molecule has 0 aliphatic heterocycles. The fourth-order valence-corrected chi connectivity index (χ4v) is 0.950. The van der Waals surface area contributed by atoms with Gasteiger partial charge in [-0.05, 0) is 0 Å². The van der Waals surface area contributed by atoms with Crippen molar-refractivity contribution in [2.45, 2.75) is 5.51 Å². The van der Waals surface area contributed by atoms with E-state index in [4.69, 9.17) is 27.2 Å². The van der Waals surface area contributed by atoms with E-state index < -0.39 is 15.6 Å². The van der Waals surface area contributed by atoms with Crippen LogP contribution in [0, 0.1) is 6.10 Å². The van der Waals surface area contributed by atoms with Crippen LogP contribution in [0.4, 0.5) is 13.2 Å². The third-order valence-corrected chi connectivity index (χ3v) is 2.37. The van der Waals surface area contributed by atoms with Crippen molar-refractivity contribution in [1.82, 2.24) is 0 Å². The standard InChI is InChI=1S/C9H11O3.CHF3O3S.Zn/c1-10-7-5-4-6-8(11-2)9(7)12-3;2-1(3,4)8(5,6)7;/h5-6H,1-3H3;(H,5,6,7);/p-1. The second-order valence-electron chi connectivity index (χ2n) is 3.03. The van der Waals surface area contributed by atoms with E-state index in [1.165, 1.54) is 0 Å². The molecule has 0 fully saturated rings. The van der Waals surface area contributed by atoms with Gasteiger partial charge in [0.1, 0.15) is 0 Å². The molecule has 0 N–H and O–H groups in total. The zero-order chi connectivity index (χ0) is 16.0. The maximum absolute atomic E-state index is 10.7. The smallest absolute Gasteiger partial charge is 0.485 e. The first-order valence-electron chi connectivity index (χ1n) is 4.76. The van der Waals surface area contributed by atoms with Crippen molar-refractivity contribution in [3.05, 3.63) is 35.5 Å². The largest absolute Gasteiger partial charge is 0.741 e. The van der Waals surface area contributed by atoms with Crippen molar-refractivity contribution in [1.29, 1.82) is 0 Å². The van der Waals surface area contributed by atoms with Gasteiger partial charge in [0.05, 0.1) is 14.2 Å². The van der Waals surface area contributed by atoms with E-state index in [1.54, 1.807) is 33.5 Å². The summed E-state index contributed by atoms with van der Waals surface area (Å²) < 4.78 is 74.1. The molecule has 21 heavy (non-hydrogen) atoms. The first kappa shape index (κ1) is 22.4.